The molecule has 1 aliphatic rings. The number of fused-ring (bicyclic) bond motifs is 1. The SMILES string of the molecule is O=C(O)c1coc(=O)c2c1CCC2. The molecule has 0 saturated carbocycles. The maximum absolute atomic E-state index is 11.1. The Kier molecular flexibility index (Phi) is 1.69. The second kappa shape index (κ2) is 2.73. The lowest BCUT2D eigenvalue weighted by Crippen LogP contribution is -2.11. The highest BCUT2D eigenvalue weighted by atomic mass is 16.4. The van der Waals surface area contributed by atoms with E-state index in [9.17, 15) is 9.59 Å². The lowest BCUT2D eigenvalue weighted by molar-refractivity contribution is 0.0692. The van der Waals surface area contributed by atoms with E-state index < -0.39 is 11.6 Å². The van der Waals surface area contributed by atoms with Gasteiger partial charge in [-0.2, -0.15) is 0 Å². The average molecular weight is 180 g/mol. The van der Waals surface area contributed by atoms with Crippen LogP contribution < -0.4 is 5.63 Å². The predicted molar refractivity (Wildman–Crippen MR) is 44.0 cm³/mol. The van der Waals surface area contributed by atoms with Crippen LogP contribution in [0.3, 0.4) is 0 Å². The van der Waals surface area contributed by atoms with E-state index >= 15 is 0 Å². The fourth-order valence-electron chi connectivity index (χ4n) is 1.70. The first-order valence-corrected chi connectivity index (χ1v) is 4.07. The van der Waals surface area contributed by atoms with E-state index in [1.54, 1.807) is 0 Å². The summed E-state index contributed by atoms with van der Waals surface area (Å²) in [5.74, 6) is -1.03. The maximum Gasteiger partial charge on any atom is 0.339 e. The van der Waals surface area contributed by atoms with Gasteiger partial charge in [-0.15, -0.1) is 0 Å². The van der Waals surface area contributed by atoms with Crippen molar-refractivity contribution in [1.29, 1.82) is 0 Å². The molecule has 4 heteroatoms. The van der Waals surface area contributed by atoms with Crippen molar-refractivity contribution in [3.8, 4) is 0 Å². The topological polar surface area (TPSA) is 67.5 Å². The van der Waals surface area contributed by atoms with Gasteiger partial charge in [0.1, 0.15) is 6.26 Å². The third kappa shape index (κ3) is 1.14. The van der Waals surface area contributed by atoms with Crippen molar-refractivity contribution in [3.05, 3.63) is 33.4 Å². The van der Waals surface area contributed by atoms with Crippen LogP contribution in [-0.4, -0.2) is 11.1 Å². The molecule has 0 bridgehead atoms. The molecule has 13 heavy (non-hydrogen) atoms. The third-order valence-corrected chi connectivity index (χ3v) is 2.30. The zero-order valence-corrected chi connectivity index (χ0v) is 6.87. The summed E-state index contributed by atoms with van der Waals surface area (Å²) in [6.45, 7) is 0. The number of carboxylic acid groups (broad SMARTS) is 1. The quantitative estimate of drug-likeness (QED) is 0.694. The molecule has 1 aromatic heterocycles. The molecule has 0 spiro atoms. The lowest BCUT2D eigenvalue weighted by Gasteiger charge is -2.00. The van der Waals surface area contributed by atoms with Gasteiger partial charge < -0.3 is 9.52 Å². The van der Waals surface area contributed by atoms with Crippen LogP contribution >= 0.6 is 0 Å². The zero-order valence-electron chi connectivity index (χ0n) is 6.87. The summed E-state index contributed by atoms with van der Waals surface area (Å²) in [5.41, 5.74) is 0.938. The Morgan fingerprint density at radius 3 is 2.77 bits per heavy atom. The second-order valence-corrected chi connectivity index (χ2v) is 3.05. The number of hydrogen-bond donors (Lipinski definition) is 1. The Labute approximate surface area is 73.8 Å². The number of hydrogen-bond acceptors (Lipinski definition) is 3. The van der Waals surface area contributed by atoms with E-state index in [0.717, 1.165) is 12.7 Å². The van der Waals surface area contributed by atoms with Crippen LogP contribution in [0.2, 0.25) is 0 Å². The minimum absolute atomic E-state index is 0.132. The van der Waals surface area contributed by atoms with Gasteiger partial charge in [0.25, 0.3) is 0 Å². The number of carbonyl (C=O) groups is 1. The molecule has 4 nitrogen and oxygen atoms in total. The van der Waals surface area contributed by atoms with Crippen molar-refractivity contribution in [3.63, 3.8) is 0 Å². The summed E-state index contributed by atoms with van der Waals surface area (Å²) in [7, 11) is 0. The van der Waals surface area contributed by atoms with Gasteiger partial charge in [0.05, 0.1) is 5.56 Å². The molecular formula is C9H8O4. The first-order chi connectivity index (χ1) is 6.20. The first-order valence-electron chi connectivity index (χ1n) is 4.07. The average Bonchev–Trinajstić information content (AvgIpc) is 2.53. The van der Waals surface area contributed by atoms with E-state index in [4.69, 9.17) is 5.11 Å². The van der Waals surface area contributed by atoms with E-state index in [-0.39, 0.29) is 5.56 Å². The zero-order chi connectivity index (χ0) is 9.42. The van der Waals surface area contributed by atoms with Crippen LogP contribution in [-0.2, 0) is 12.8 Å². The molecule has 0 aromatic carbocycles. The predicted octanol–water partition coefficient (Wildman–Crippen LogP) is 0.827. The molecule has 0 fully saturated rings. The van der Waals surface area contributed by atoms with Crippen LogP contribution in [0.1, 0.15) is 27.9 Å². The molecule has 0 saturated heterocycles. The maximum atomic E-state index is 11.1. The van der Waals surface area contributed by atoms with Crippen LogP contribution in [0.5, 0.6) is 0 Å². The molecule has 1 heterocycles. The van der Waals surface area contributed by atoms with Crippen LogP contribution in [0, 0.1) is 0 Å². The lowest BCUT2D eigenvalue weighted by atomic mass is 10.1. The Morgan fingerprint density at radius 1 is 1.38 bits per heavy atom. The number of aromatic carboxylic acids is 1. The van der Waals surface area contributed by atoms with Crippen molar-refractivity contribution in [2.45, 2.75) is 19.3 Å². The molecule has 68 valence electrons. The van der Waals surface area contributed by atoms with Gasteiger partial charge >= 0.3 is 11.6 Å². The van der Waals surface area contributed by atoms with Crippen molar-refractivity contribution in [2.75, 3.05) is 0 Å². The molecule has 0 aliphatic heterocycles. The molecule has 0 amide bonds. The molecule has 0 radical (unpaired) electrons. The first kappa shape index (κ1) is 8.04. The highest BCUT2D eigenvalue weighted by molar-refractivity contribution is 5.89. The molecule has 1 aromatic rings. The fraction of sp³-hybridized carbons (Fsp3) is 0.333. The van der Waals surface area contributed by atoms with Gasteiger partial charge in [-0.05, 0) is 24.8 Å². The van der Waals surface area contributed by atoms with E-state index in [0.29, 0.717) is 24.0 Å². The summed E-state index contributed by atoms with van der Waals surface area (Å²) in [6.07, 6.45) is 3.18. The van der Waals surface area contributed by atoms with Crippen LogP contribution in [0.15, 0.2) is 15.5 Å². The van der Waals surface area contributed by atoms with Gasteiger partial charge in [0.2, 0.25) is 0 Å². The summed E-state index contributed by atoms with van der Waals surface area (Å²) >= 11 is 0. The van der Waals surface area contributed by atoms with Gasteiger partial charge in [0, 0.05) is 5.56 Å². The summed E-state index contributed by atoms with van der Waals surface area (Å²) in [5, 5.41) is 8.78. The highest BCUT2D eigenvalue weighted by Crippen LogP contribution is 2.22. The summed E-state index contributed by atoms with van der Waals surface area (Å²) in [6, 6.07) is 0. The monoisotopic (exact) mass is 180 g/mol. The van der Waals surface area contributed by atoms with Gasteiger partial charge in [0.15, 0.2) is 0 Å². The van der Waals surface area contributed by atoms with Crippen molar-refractivity contribution < 1.29 is 14.3 Å². The van der Waals surface area contributed by atoms with Crippen LogP contribution in [0.4, 0.5) is 0 Å². The Bertz CT molecular complexity index is 416. The molecule has 2 rings (SSSR count). The largest absolute Gasteiger partial charge is 0.478 e. The van der Waals surface area contributed by atoms with Crippen molar-refractivity contribution in [2.24, 2.45) is 0 Å². The number of carboxylic acids is 1. The highest BCUT2D eigenvalue weighted by Gasteiger charge is 2.22. The summed E-state index contributed by atoms with van der Waals surface area (Å²) in [4.78, 5) is 21.8. The van der Waals surface area contributed by atoms with E-state index in [1.165, 1.54) is 0 Å². The number of rotatable bonds is 1. The molecule has 0 unspecified atom stereocenters. The smallest absolute Gasteiger partial charge is 0.339 e. The fourth-order valence-corrected chi connectivity index (χ4v) is 1.70. The van der Waals surface area contributed by atoms with E-state index in [1.807, 2.05) is 0 Å². The normalized spacial score (nSPS) is 14.2. The Hall–Kier alpha value is -1.58. The van der Waals surface area contributed by atoms with Crippen molar-refractivity contribution in [1.82, 2.24) is 0 Å². The van der Waals surface area contributed by atoms with Crippen molar-refractivity contribution >= 4 is 5.97 Å². The van der Waals surface area contributed by atoms with Gasteiger partial charge in [-0.25, -0.2) is 9.59 Å². The minimum Gasteiger partial charge on any atom is -0.478 e. The second-order valence-electron chi connectivity index (χ2n) is 3.05. The molecular weight excluding hydrogens is 172 g/mol. The Morgan fingerprint density at radius 2 is 2.08 bits per heavy atom. The molecule has 1 N–H and O–H groups in total. The van der Waals surface area contributed by atoms with Crippen LogP contribution in [0.25, 0.3) is 0 Å². The third-order valence-electron chi connectivity index (χ3n) is 2.30. The van der Waals surface area contributed by atoms with Gasteiger partial charge in [-0.1, -0.05) is 0 Å². The minimum atomic E-state index is -1.03. The standard InChI is InChI=1S/C9H8O4/c10-8(11)7-4-13-9(12)6-3-1-2-5(6)7/h4H,1-3H2,(H,10,11). The van der Waals surface area contributed by atoms with Gasteiger partial charge in [-0.3, -0.25) is 0 Å². The molecule has 0 atom stereocenters. The summed E-state index contributed by atoms with van der Waals surface area (Å²) < 4.78 is 4.63. The molecule has 1 aliphatic carbocycles. The Balaban J connectivity index is 2.69. The van der Waals surface area contributed by atoms with E-state index in [2.05, 4.69) is 4.42 Å².